The standard InChI is InChI=1S/C11H22N2O2S2/c1-9(2)5-8-17(14,15)13-11(10(12)16)6-3-4-7-11/h9,13H,3-8H2,1-2H3,(H2,12,16). The molecule has 0 bridgehead atoms. The van der Waals surface area contributed by atoms with E-state index in [1.807, 2.05) is 13.8 Å². The first-order chi connectivity index (χ1) is 7.77. The number of rotatable bonds is 6. The Morgan fingerprint density at radius 2 is 1.94 bits per heavy atom. The first kappa shape index (κ1) is 14.9. The highest BCUT2D eigenvalue weighted by Gasteiger charge is 2.39. The fraction of sp³-hybridized carbons (Fsp3) is 0.909. The summed E-state index contributed by atoms with van der Waals surface area (Å²) < 4.78 is 26.7. The predicted molar refractivity (Wildman–Crippen MR) is 74.4 cm³/mol. The van der Waals surface area contributed by atoms with Gasteiger partial charge in [-0.25, -0.2) is 13.1 Å². The van der Waals surface area contributed by atoms with Crippen LogP contribution in [0.25, 0.3) is 0 Å². The molecule has 1 fully saturated rings. The van der Waals surface area contributed by atoms with Crippen LogP contribution >= 0.6 is 12.2 Å². The third-order valence-electron chi connectivity index (χ3n) is 3.24. The Bertz CT molecular complexity index is 371. The molecule has 1 saturated carbocycles. The number of nitrogens with two attached hydrogens (primary N) is 1. The second-order valence-corrected chi connectivity index (χ2v) is 7.54. The smallest absolute Gasteiger partial charge is 0.212 e. The zero-order chi connectivity index (χ0) is 13.1. The predicted octanol–water partition coefficient (Wildman–Crippen LogP) is 1.55. The van der Waals surface area contributed by atoms with Gasteiger partial charge in [0, 0.05) is 0 Å². The van der Waals surface area contributed by atoms with Gasteiger partial charge >= 0.3 is 0 Å². The second kappa shape index (κ2) is 5.63. The fourth-order valence-electron chi connectivity index (χ4n) is 2.12. The van der Waals surface area contributed by atoms with Crippen LogP contribution in [0.15, 0.2) is 0 Å². The highest BCUT2D eigenvalue weighted by molar-refractivity contribution is 7.89. The van der Waals surface area contributed by atoms with Gasteiger partial charge in [-0.05, 0) is 25.2 Å². The van der Waals surface area contributed by atoms with E-state index in [9.17, 15) is 8.42 Å². The van der Waals surface area contributed by atoms with Crippen molar-refractivity contribution >= 4 is 27.2 Å². The Labute approximate surface area is 109 Å². The van der Waals surface area contributed by atoms with Crippen molar-refractivity contribution in [3.63, 3.8) is 0 Å². The van der Waals surface area contributed by atoms with Crippen LogP contribution in [0.2, 0.25) is 0 Å². The molecular weight excluding hydrogens is 256 g/mol. The molecule has 0 atom stereocenters. The summed E-state index contributed by atoms with van der Waals surface area (Å²) in [5.41, 5.74) is 5.04. The highest BCUT2D eigenvalue weighted by atomic mass is 32.2. The fourth-order valence-corrected chi connectivity index (χ4v) is 4.23. The minimum Gasteiger partial charge on any atom is -0.392 e. The molecule has 0 aliphatic heterocycles. The lowest BCUT2D eigenvalue weighted by molar-refractivity contribution is 0.497. The van der Waals surface area contributed by atoms with E-state index in [1.165, 1.54) is 0 Å². The third-order valence-corrected chi connectivity index (χ3v) is 5.11. The maximum Gasteiger partial charge on any atom is 0.212 e. The summed E-state index contributed by atoms with van der Waals surface area (Å²) in [4.78, 5) is 0.281. The Kier molecular flexibility index (Phi) is 4.92. The molecule has 1 aliphatic carbocycles. The Morgan fingerprint density at radius 3 is 2.35 bits per heavy atom. The lowest BCUT2D eigenvalue weighted by Crippen LogP contribution is -2.55. The normalized spacial score (nSPS) is 19.7. The molecule has 0 amide bonds. The van der Waals surface area contributed by atoms with Gasteiger partial charge in [-0.15, -0.1) is 0 Å². The molecule has 1 rings (SSSR count). The number of hydrogen-bond acceptors (Lipinski definition) is 3. The number of hydrogen-bond donors (Lipinski definition) is 2. The maximum atomic E-state index is 12.0. The largest absolute Gasteiger partial charge is 0.392 e. The Morgan fingerprint density at radius 1 is 1.41 bits per heavy atom. The zero-order valence-electron chi connectivity index (χ0n) is 10.5. The SMILES string of the molecule is CC(C)CCS(=O)(=O)NC1(C(N)=S)CCCC1. The van der Waals surface area contributed by atoms with E-state index in [-0.39, 0.29) is 10.7 Å². The number of nitrogens with one attached hydrogen (secondary N) is 1. The van der Waals surface area contributed by atoms with Crippen molar-refractivity contribution in [2.24, 2.45) is 11.7 Å². The van der Waals surface area contributed by atoms with Gasteiger partial charge in [0.05, 0.1) is 16.3 Å². The first-order valence-corrected chi connectivity index (χ1v) is 8.15. The topological polar surface area (TPSA) is 72.2 Å². The maximum absolute atomic E-state index is 12.0. The van der Waals surface area contributed by atoms with E-state index >= 15 is 0 Å². The Balaban J connectivity index is 2.70. The molecule has 0 saturated heterocycles. The molecule has 0 radical (unpaired) electrons. The molecule has 0 aromatic carbocycles. The van der Waals surface area contributed by atoms with Crippen LogP contribution in [0.5, 0.6) is 0 Å². The molecule has 1 aliphatic rings. The van der Waals surface area contributed by atoms with Gasteiger partial charge in [0.1, 0.15) is 0 Å². The number of thiocarbonyl (C=S) groups is 1. The molecule has 6 heteroatoms. The summed E-state index contributed by atoms with van der Waals surface area (Å²) in [5, 5.41) is 0. The summed E-state index contributed by atoms with van der Waals surface area (Å²) in [6.45, 7) is 4.02. The van der Waals surface area contributed by atoms with Crippen molar-refractivity contribution < 1.29 is 8.42 Å². The van der Waals surface area contributed by atoms with Crippen molar-refractivity contribution in [1.29, 1.82) is 0 Å². The van der Waals surface area contributed by atoms with Gasteiger partial charge in [-0.2, -0.15) is 0 Å². The lowest BCUT2D eigenvalue weighted by atomic mass is 10.00. The van der Waals surface area contributed by atoms with E-state index in [1.54, 1.807) is 0 Å². The van der Waals surface area contributed by atoms with Crippen LogP contribution in [0.1, 0.15) is 46.0 Å². The van der Waals surface area contributed by atoms with Gasteiger partial charge < -0.3 is 5.73 Å². The van der Waals surface area contributed by atoms with Crippen LogP contribution in [0, 0.1) is 5.92 Å². The third kappa shape index (κ3) is 4.19. The van der Waals surface area contributed by atoms with Crippen molar-refractivity contribution in [2.45, 2.75) is 51.5 Å². The minimum atomic E-state index is -3.28. The van der Waals surface area contributed by atoms with Crippen molar-refractivity contribution in [2.75, 3.05) is 5.75 Å². The molecule has 0 aromatic heterocycles. The van der Waals surface area contributed by atoms with Gasteiger partial charge in [-0.3, -0.25) is 0 Å². The van der Waals surface area contributed by atoms with Crippen molar-refractivity contribution in [1.82, 2.24) is 4.72 Å². The van der Waals surface area contributed by atoms with Crippen LogP contribution in [-0.2, 0) is 10.0 Å². The Hall–Kier alpha value is -0.200. The second-order valence-electron chi connectivity index (χ2n) is 5.26. The highest BCUT2D eigenvalue weighted by Crippen LogP contribution is 2.30. The van der Waals surface area contributed by atoms with Gasteiger partial charge in [0.2, 0.25) is 10.0 Å². The first-order valence-electron chi connectivity index (χ1n) is 6.09. The summed E-state index contributed by atoms with van der Waals surface area (Å²) in [6, 6.07) is 0. The average molecular weight is 278 g/mol. The summed E-state index contributed by atoms with van der Waals surface area (Å²) in [5.74, 6) is 0.519. The molecule has 100 valence electrons. The van der Waals surface area contributed by atoms with Crippen molar-refractivity contribution in [3.8, 4) is 0 Å². The molecule has 3 N–H and O–H groups in total. The van der Waals surface area contributed by atoms with E-state index in [0.717, 1.165) is 25.7 Å². The van der Waals surface area contributed by atoms with Gasteiger partial charge in [0.25, 0.3) is 0 Å². The van der Waals surface area contributed by atoms with E-state index in [2.05, 4.69) is 4.72 Å². The van der Waals surface area contributed by atoms with Crippen LogP contribution in [0.3, 0.4) is 0 Å². The van der Waals surface area contributed by atoms with E-state index in [4.69, 9.17) is 18.0 Å². The van der Waals surface area contributed by atoms with E-state index < -0.39 is 15.6 Å². The molecule has 0 heterocycles. The monoisotopic (exact) mass is 278 g/mol. The van der Waals surface area contributed by atoms with Gasteiger partial charge in [0.15, 0.2) is 0 Å². The van der Waals surface area contributed by atoms with Crippen LogP contribution in [0.4, 0.5) is 0 Å². The minimum absolute atomic E-state index is 0.148. The van der Waals surface area contributed by atoms with Crippen molar-refractivity contribution in [3.05, 3.63) is 0 Å². The van der Waals surface area contributed by atoms with E-state index in [0.29, 0.717) is 12.3 Å². The van der Waals surface area contributed by atoms with Crippen LogP contribution in [-0.4, -0.2) is 24.7 Å². The molecule has 4 nitrogen and oxygen atoms in total. The molecule has 17 heavy (non-hydrogen) atoms. The molecule has 0 unspecified atom stereocenters. The van der Waals surface area contributed by atoms with Gasteiger partial charge in [-0.1, -0.05) is 38.9 Å². The summed E-state index contributed by atoms with van der Waals surface area (Å²) in [6.07, 6.45) is 4.06. The lowest BCUT2D eigenvalue weighted by Gasteiger charge is -2.28. The summed E-state index contributed by atoms with van der Waals surface area (Å²) in [7, 11) is -3.28. The molecule has 0 aromatic rings. The molecule has 0 spiro atoms. The van der Waals surface area contributed by atoms with Crippen LogP contribution < -0.4 is 10.5 Å². The molecular formula is C11H22N2O2S2. The summed E-state index contributed by atoms with van der Waals surface area (Å²) >= 11 is 5.02. The zero-order valence-corrected chi connectivity index (χ0v) is 12.2. The quantitative estimate of drug-likeness (QED) is 0.723. The average Bonchev–Trinajstić information content (AvgIpc) is 2.64. The number of sulfonamides is 1.